The fourth-order valence-electron chi connectivity index (χ4n) is 2.55. The largest absolute Gasteiger partial charge is 0.340 e. The summed E-state index contributed by atoms with van der Waals surface area (Å²) in [6, 6.07) is 10.1. The average molecular weight is 246 g/mol. The van der Waals surface area contributed by atoms with Crippen molar-refractivity contribution in [2.24, 2.45) is 5.92 Å². The van der Waals surface area contributed by atoms with Crippen LogP contribution in [0.1, 0.15) is 25.3 Å². The zero-order valence-electron chi connectivity index (χ0n) is 11.2. The van der Waals surface area contributed by atoms with E-state index in [1.165, 1.54) is 12.0 Å². The summed E-state index contributed by atoms with van der Waals surface area (Å²) in [5.74, 6) is 0.649. The number of nitrogens with one attached hydrogen (secondary N) is 1. The molecule has 1 aromatic carbocycles. The lowest BCUT2D eigenvalue weighted by atomic mass is 9.92. The summed E-state index contributed by atoms with van der Waals surface area (Å²) in [6.45, 7) is 3.80. The Hall–Kier alpha value is -1.35. The number of carbonyl (C=O) groups excluding carboxylic acids is 1. The number of benzene rings is 1. The molecular weight excluding hydrogens is 224 g/mol. The number of hydrogen-bond donors (Lipinski definition) is 1. The Balaban J connectivity index is 1.96. The van der Waals surface area contributed by atoms with E-state index in [0.717, 1.165) is 13.0 Å². The van der Waals surface area contributed by atoms with E-state index in [9.17, 15) is 4.79 Å². The fraction of sp³-hybridized carbons (Fsp3) is 0.533. The van der Waals surface area contributed by atoms with E-state index in [-0.39, 0.29) is 11.9 Å². The van der Waals surface area contributed by atoms with Crippen molar-refractivity contribution >= 4 is 5.91 Å². The minimum atomic E-state index is -0.00698. The SMILES string of the molecule is CC1CCCNC1C(=O)N(C)Cc1ccccc1. The Bertz CT molecular complexity index is 391. The monoisotopic (exact) mass is 246 g/mol. The molecule has 1 aromatic rings. The van der Waals surface area contributed by atoms with Crippen LogP contribution in [0.4, 0.5) is 0 Å². The summed E-state index contributed by atoms with van der Waals surface area (Å²) in [5, 5.41) is 3.34. The lowest BCUT2D eigenvalue weighted by molar-refractivity contribution is -0.134. The first-order chi connectivity index (χ1) is 8.68. The summed E-state index contributed by atoms with van der Waals surface area (Å²) in [6.07, 6.45) is 2.32. The lowest BCUT2D eigenvalue weighted by Crippen LogP contribution is -2.51. The number of piperidine rings is 1. The Morgan fingerprint density at radius 2 is 2.11 bits per heavy atom. The molecule has 0 aromatic heterocycles. The van der Waals surface area contributed by atoms with Gasteiger partial charge in [-0.05, 0) is 30.9 Å². The van der Waals surface area contributed by atoms with E-state index in [1.54, 1.807) is 0 Å². The van der Waals surface area contributed by atoms with Crippen molar-refractivity contribution in [1.82, 2.24) is 10.2 Å². The highest BCUT2D eigenvalue weighted by atomic mass is 16.2. The number of amides is 1. The van der Waals surface area contributed by atoms with E-state index in [1.807, 2.05) is 30.1 Å². The third-order valence-electron chi connectivity index (χ3n) is 3.67. The smallest absolute Gasteiger partial charge is 0.240 e. The van der Waals surface area contributed by atoms with Crippen molar-refractivity contribution < 1.29 is 4.79 Å². The molecule has 3 heteroatoms. The third-order valence-corrected chi connectivity index (χ3v) is 3.67. The van der Waals surface area contributed by atoms with Crippen LogP contribution in [0.3, 0.4) is 0 Å². The van der Waals surface area contributed by atoms with Gasteiger partial charge in [-0.3, -0.25) is 4.79 Å². The van der Waals surface area contributed by atoms with Gasteiger partial charge in [0.2, 0.25) is 5.91 Å². The maximum Gasteiger partial charge on any atom is 0.240 e. The van der Waals surface area contributed by atoms with Crippen LogP contribution in [-0.2, 0) is 11.3 Å². The van der Waals surface area contributed by atoms with Crippen molar-refractivity contribution in [3.63, 3.8) is 0 Å². The Morgan fingerprint density at radius 1 is 1.39 bits per heavy atom. The zero-order valence-corrected chi connectivity index (χ0v) is 11.2. The third kappa shape index (κ3) is 3.10. The Morgan fingerprint density at radius 3 is 2.78 bits per heavy atom. The van der Waals surface area contributed by atoms with Crippen molar-refractivity contribution in [2.45, 2.75) is 32.4 Å². The van der Waals surface area contributed by atoms with Crippen LogP contribution in [0.25, 0.3) is 0 Å². The maximum atomic E-state index is 12.4. The van der Waals surface area contributed by atoms with Crippen LogP contribution in [0.5, 0.6) is 0 Å². The molecule has 0 spiro atoms. The summed E-state index contributed by atoms with van der Waals surface area (Å²) in [5.41, 5.74) is 1.18. The number of nitrogens with zero attached hydrogens (tertiary/aromatic N) is 1. The molecule has 1 saturated heterocycles. The molecule has 18 heavy (non-hydrogen) atoms. The number of likely N-dealkylation sites (N-methyl/N-ethyl adjacent to an activating group) is 1. The maximum absolute atomic E-state index is 12.4. The quantitative estimate of drug-likeness (QED) is 0.885. The van der Waals surface area contributed by atoms with Gasteiger partial charge in [-0.25, -0.2) is 0 Å². The molecule has 1 aliphatic heterocycles. The number of rotatable bonds is 3. The molecule has 0 aliphatic carbocycles. The van der Waals surface area contributed by atoms with Crippen molar-refractivity contribution in [3.8, 4) is 0 Å². The van der Waals surface area contributed by atoms with Gasteiger partial charge in [0.15, 0.2) is 0 Å². The van der Waals surface area contributed by atoms with Gasteiger partial charge in [-0.15, -0.1) is 0 Å². The highest BCUT2D eigenvalue weighted by molar-refractivity contribution is 5.82. The molecule has 98 valence electrons. The predicted octanol–water partition coefficient (Wildman–Crippen LogP) is 2.03. The van der Waals surface area contributed by atoms with Crippen LogP contribution in [0.15, 0.2) is 30.3 Å². The lowest BCUT2D eigenvalue weighted by Gasteiger charge is -2.32. The van der Waals surface area contributed by atoms with Gasteiger partial charge >= 0.3 is 0 Å². The van der Waals surface area contributed by atoms with Crippen LogP contribution in [0, 0.1) is 5.92 Å². The molecule has 0 bridgehead atoms. The molecule has 2 rings (SSSR count). The molecule has 0 saturated carbocycles. The molecule has 1 N–H and O–H groups in total. The second-order valence-corrected chi connectivity index (χ2v) is 5.23. The second-order valence-electron chi connectivity index (χ2n) is 5.23. The Labute approximate surface area is 109 Å². The van der Waals surface area contributed by atoms with Gasteiger partial charge in [-0.1, -0.05) is 37.3 Å². The topological polar surface area (TPSA) is 32.3 Å². The highest BCUT2D eigenvalue weighted by Gasteiger charge is 2.29. The van der Waals surface area contributed by atoms with Crippen LogP contribution in [0.2, 0.25) is 0 Å². The summed E-state index contributed by atoms with van der Waals surface area (Å²) >= 11 is 0. The van der Waals surface area contributed by atoms with Gasteiger partial charge in [0.05, 0.1) is 6.04 Å². The second kappa shape index (κ2) is 6.01. The average Bonchev–Trinajstić information content (AvgIpc) is 2.39. The molecule has 3 nitrogen and oxygen atoms in total. The highest BCUT2D eigenvalue weighted by Crippen LogP contribution is 2.17. The molecule has 1 amide bonds. The molecule has 2 unspecified atom stereocenters. The van der Waals surface area contributed by atoms with Gasteiger partial charge < -0.3 is 10.2 Å². The van der Waals surface area contributed by atoms with Crippen LogP contribution < -0.4 is 5.32 Å². The van der Waals surface area contributed by atoms with Crippen molar-refractivity contribution in [1.29, 1.82) is 0 Å². The first kappa shape index (κ1) is 13.1. The van der Waals surface area contributed by atoms with E-state index in [4.69, 9.17) is 0 Å². The summed E-state index contributed by atoms with van der Waals surface area (Å²) in [4.78, 5) is 14.2. The number of hydrogen-bond acceptors (Lipinski definition) is 2. The minimum Gasteiger partial charge on any atom is -0.340 e. The van der Waals surface area contributed by atoms with E-state index in [0.29, 0.717) is 12.5 Å². The van der Waals surface area contributed by atoms with Crippen molar-refractivity contribution in [2.75, 3.05) is 13.6 Å². The van der Waals surface area contributed by atoms with E-state index in [2.05, 4.69) is 24.4 Å². The van der Waals surface area contributed by atoms with Crippen LogP contribution in [-0.4, -0.2) is 30.4 Å². The fourth-order valence-corrected chi connectivity index (χ4v) is 2.55. The summed E-state index contributed by atoms with van der Waals surface area (Å²) in [7, 11) is 1.89. The van der Waals surface area contributed by atoms with Gasteiger partial charge in [0, 0.05) is 13.6 Å². The van der Waals surface area contributed by atoms with Gasteiger partial charge in [0.25, 0.3) is 0 Å². The van der Waals surface area contributed by atoms with E-state index >= 15 is 0 Å². The molecular formula is C15H22N2O. The molecule has 1 heterocycles. The van der Waals surface area contributed by atoms with Crippen LogP contribution >= 0.6 is 0 Å². The first-order valence-corrected chi connectivity index (χ1v) is 6.71. The van der Waals surface area contributed by atoms with Crippen molar-refractivity contribution in [3.05, 3.63) is 35.9 Å². The molecule has 0 radical (unpaired) electrons. The molecule has 1 fully saturated rings. The minimum absolute atomic E-state index is 0.00698. The van der Waals surface area contributed by atoms with Gasteiger partial charge in [-0.2, -0.15) is 0 Å². The Kier molecular flexibility index (Phi) is 4.37. The predicted molar refractivity (Wildman–Crippen MR) is 73.1 cm³/mol. The van der Waals surface area contributed by atoms with E-state index < -0.39 is 0 Å². The first-order valence-electron chi connectivity index (χ1n) is 6.71. The summed E-state index contributed by atoms with van der Waals surface area (Å²) < 4.78 is 0. The zero-order chi connectivity index (χ0) is 13.0. The normalized spacial score (nSPS) is 23.7. The standard InChI is InChI=1S/C15H22N2O/c1-12-7-6-10-16-14(12)15(18)17(2)11-13-8-4-3-5-9-13/h3-5,8-9,12,14,16H,6-7,10-11H2,1-2H3. The van der Waals surface area contributed by atoms with Gasteiger partial charge in [0.1, 0.15) is 0 Å². The molecule has 1 aliphatic rings. The molecule has 2 atom stereocenters. The number of carbonyl (C=O) groups is 1.